The predicted octanol–water partition coefficient (Wildman–Crippen LogP) is 2.97. The summed E-state index contributed by atoms with van der Waals surface area (Å²) in [4.78, 5) is 11.3. The number of para-hydroxylation sites is 1. The smallest absolute Gasteiger partial charge is 0.325 e. The highest BCUT2D eigenvalue weighted by molar-refractivity contribution is 6.37. The molecule has 0 saturated carbocycles. The fourth-order valence-electron chi connectivity index (χ4n) is 0.953. The molecule has 0 spiro atoms. The number of ether oxygens (including phenoxy) is 1. The fourth-order valence-corrected chi connectivity index (χ4v) is 1.43. The summed E-state index contributed by atoms with van der Waals surface area (Å²) in [6.07, 6.45) is 2.65. The Morgan fingerprint density at radius 3 is 2.20 bits per heavy atom. The molecule has 1 heterocycles. The number of rotatable bonds is 2. The van der Waals surface area contributed by atoms with Crippen LogP contribution in [0.1, 0.15) is 0 Å². The quantitative estimate of drug-likeness (QED) is 0.812. The Balaban J connectivity index is 2.32. The topological polar surface area (TPSA) is 47.9 Å². The first-order chi connectivity index (χ1) is 7.27. The van der Waals surface area contributed by atoms with Crippen LogP contribution in [0.2, 0.25) is 10.0 Å². The largest absolute Gasteiger partial charge is 0.421 e. The molecule has 0 bridgehead atoms. The van der Waals surface area contributed by atoms with Crippen LogP contribution in [0.15, 0.2) is 30.9 Å². The van der Waals surface area contributed by atoms with Gasteiger partial charge in [-0.25, -0.2) is 4.98 Å². The Morgan fingerprint density at radius 2 is 1.60 bits per heavy atom. The first kappa shape index (κ1) is 10.1. The van der Waals surface area contributed by atoms with Crippen molar-refractivity contribution in [1.29, 1.82) is 0 Å². The second-order valence-corrected chi connectivity index (χ2v) is 3.39. The molecule has 6 heteroatoms. The maximum Gasteiger partial charge on any atom is 0.325 e. The van der Waals surface area contributed by atoms with E-state index in [1.54, 1.807) is 18.2 Å². The summed E-state index contributed by atoms with van der Waals surface area (Å²) in [5, 5.41) is 0.811. The molecule has 0 aliphatic carbocycles. The van der Waals surface area contributed by atoms with E-state index in [0.717, 1.165) is 0 Å². The van der Waals surface area contributed by atoms with Crippen LogP contribution < -0.4 is 4.74 Å². The van der Waals surface area contributed by atoms with E-state index < -0.39 is 0 Å². The van der Waals surface area contributed by atoms with Crippen molar-refractivity contribution >= 4 is 23.2 Å². The van der Waals surface area contributed by atoms with Gasteiger partial charge in [0.25, 0.3) is 0 Å². The number of hydrogen-bond acceptors (Lipinski definition) is 4. The third-order valence-electron chi connectivity index (χ3n) is 1.58. The summed E-state index contributed by atoms with van der Waals surface area (Å²) in [5.74, 6) is 0.340. The average Bonchev–Trinajstić information content (AvgIpc) is 2.25. The first-order valence-electron chi connectivity index (χ1n) is 4.01. The van der Waals surface area contributed by atoms with Gasteiger partial charge in [0.05, 0.1) is 10.0 Å². The summed E-state index contributed by atoms with van der Waals surface area (Å²) in [6.45, 7) is 0. The van der Waals surface area contributed by atoms with Crippen LogP contribution in [0, 0.1) is 0 Å². The fraction of sp³-hybridized carbons (Fsp3) is 0. The predicted molar refractivity (Wildman–Crippen MR) is 56.4 cm³/mol. The molecule has 0 unspecified atom stereocenters. The van der Waals surface area contributed by atoms with Crippen molar-refractivity contribution in [3.63, 3.8) is 0 Å². The Kier molecular flexibility index (Phi) is 2.99. The average molecular weight is 242 g/mol. The molecule has 0 amide bonds. The van der Waals surface area contributed by atoms with Crippen molar-refractivity contribution in [3.8, 4) is 11.8 Å². The van der Waals surface area contributed by atoms with E-state index in [2.05, 4.69) is 15.0 Å². The Labute approximate surface area is 95.9 Å². The SMILES string of the molecule is Clc1cccc(Cl)c1Oc1ncncn1. The summed E-state index contributed by atoms with van der Waals surface area (Å²) in [6, 6.07) is 5.22. The molecule has 1 aromatic carbocycles. The second-order valence-electron chi connectivity index (χ2n) is 2.57. The second kappa shape index (κ2) is 4.42. The van der Waals surface area contributed by atoms with Gasteiger partial charge < -0.3 is 4.74 Å². The minimum atomic E-state index is 0.153. The summed E-state index contributed by atoms with van der Waals surface area (Å²) in [5.41, 5.74) is 0. The van der Waals surface area contributed by atoms with Crippen molar-refractivity contribution in [3.05, 3.63) is 40.9 Å². The van der Waals surface area contributed by atoms with E-state index in [0.29, 0.717) is 15.8 Å². The van der Waals surface area contributed by atoms with E-state index in [-0.39, 0.29) is 6.01 Å². The molecular weight excluding hydrogens is 237 g/mol. The molecule has 2 rings (SSSR count). The Bertz CT molecular complexity index is 444. The molecule has 76 valence electrons. The van der Waals surface area contributed by atoms with Crippen LogP contribution in [0.25, 0.3) is 0 Å². The van der Waals surface area contributed by atoms with Crippen molar-refractivity contribution < 1.29 is 4.74 Å². The summed E-state index contributed by atoms with van der Waals surface area (Å²) in [7, 11) is 0. The minimum Gasteiger partial charge on any atom is -0.421 e. The van der Waals surface area contributed by atoms with E-state index in [4.69, 9.17) is 27.9 Å². The van der Waals surface area contributed by atoms with Gasteiger partial charge in [0, 0.05) is 0 Å². The van der Waals surface area contributed by atoms with Crippen LogP contribution in [-0.4, -0.2) is 15.0 Å². The summed E-state index contributed by atoms with van der Waals surface area (Å²) >= 11 is 11.8. The lowest BCUT2D eigenvalue weighted by Gasteiger charge is -2.06. The van der Waals surface area contributed by atoms with E-state index in [1.807, 2.05) is 0 Å². The zero-order chi connectivity index (χ0) is 10.7. The van der Waals surface area contributed by atoms with Crippen molar-refractivity contribution in [2.75, 3.05) is 0 Å². The van der Waals surface area contributed by atoms with Crippen LogP contribution >= 0.6 is 23.2 Å². The van der Waals surface area contributed by atoms with Gasteiger partial charge in [-0.3, -0.25) is 0 Å². The standard InChI is InChI=1S/C9H5Cl2N3O/c10-6-2-1-3-7(11)8(6)15-9-13-4-12-5-14-9/h1-5H. The molecule has 2 aromatic rings. The normalized spacial score (nSPS) is 10.0. The van der Waals surface area contributed by atoms with Crippen LogP contribution in [0.5, 0.6) is 11.8 Å². The van der Waals surface area contributed by atoms with Gasteiger partial charge >= 0.3 is 6.01 Å². The minimum absolute atomic E-state index is 0.153. The molecule has 0 fully saturated rings. The third-order valence-corrected chi connectivity index (χ3v) is 2.18. The van der Waals surface area contributed by atoms with Gasteiger partial charge in [-0.05, 0) is 12.1 Å². The van der Waals surface area contributed by atoms with Crippen LogP contribution in [-0.2, 0) is 0 Å². The molecule has 0 atom stereocenters. The third kappa shape index (κ3) is 2.34. The highest BCUT2D eigenvalue weighted by atomic mass is 35.5. The van der Waals surface area contributed by atoms with Crippen molar-refractivity contribution in [2.24, 2.45) is 0 Å². The van der Waals surface area contributed by atoms with E-state index in [1.165, 1.54) is 12.7 Å². The maximum atomic E-state index is 5.90. The van der Waals surface area contributed by atoms with Gasteiger partial charge in [-0.1, -0.05) is 29.3 Å². The summed E-state index contributed by atoms with van der Waals surface area (Å²) < 4.78 is 5.31. The van der Waals surface area contributed by atoms with Crippen LogP contribution in [0.4, 0.5) is 0 Å². The Hall–Kier alpha value is -1.39. The molecule has 4 nitrogen and oxygen atoms in total. The molecule has 0 aliphatic heterocycles. The molecule has 0 N–H and O–H groups in total. The van der Waals surface area contributed by atoms with Crippen molar-refractivity contribution in [1.82, 2.24) is 15.0 Å². The molecule has 1 aromatic heterocycles. The van der Waals surface area contributed by atoms with Crippen molar-refractivity contribution in [2.45, 2.75) is 0 Å². The lowest BCUT2D eigenvalue weighted by Crippen LogP contribution is -1.92. The highest BCUT2D eigenvalue weighted by Crippen LogP contribution is 2.34. The molecule has 0 saturated heterocycles. The maximum absolute atomic E-state index is 5.90. The molecule has 0 radical (unpaired) electrons. The lowest BCUT2D eigenvalue weighted by molar-refractivity contribution is 0.439. The zero-order valence-electron chi connectivity index (χ0n) is 7.39. The van der Waals surface area contributed by atoms with Gasteiger partial charge in [0.2, 0.25) is 0 Å². The number of halogens is 2. The first-order valence-corrected chi connectivity index (χ1v) is 4.77. The molecule has 15 heavy (non-hydrogen) atoms. The van der Waals surface area contributed by atoms with Gasteiger partial charge in [-0.15, -0.1) is 0 Å². The monoisotopic (exact) mass is 241 g/mol. The van der Waals surface area contributed by atoms with Gasteiger partial charge in [0.15, 0.2) is 5.75 Å². The van der Waals surface area contributed by atoms with Crippen LogP contribution in [0.3, 0.4) is 0 Å². The molecular formula is C9H5Cl2N3O. The zero-order valence-corrected chi connectivity index (χ0v) is 8.90. The van der Waals surface area contributed by atoms with Gasteiger partial charge in [0.1, 0.15) is 12.7 Å². The number of aromatic nitrogens is 3. The van der Waals surface area contributed by atoms with E-state index >= 15 is 0 Å². The van der Waals surface area contributed by atoms with E-state index in [9.17, 15) is 0 Å². The van der Waals surface area contributed by atoms with Gasteiger partial charge in [-0.2, -0.15) is 9.97 Å². The lowest BCUT2D eigenvalue weighted by atomic mass is 10.3. The number of nitrogens with zero attached hydrogens (tertiary/aromatic N) is 3. The molecule has 0 aliphatic rings. The highest BCUT2D eigenvalue weighted by Gasteiger charge is 2.08. The Morgan fingerprint density at radius 1 is 1.00 bits per heavy atom. The number of hydrogen-bond donors (Lipinski definition) is 0. The number of benzene rings is 1.